The number of pyridine rings is 1. The molecule has 0 amide bonds. The Morgan fingerprint density at radius 3 is 2.73 bits per heavy atom. The summed E-state index contributed by atoms with van der Waals surface area (Å²) in [5.41, 5.74) is 1.46. The fourth-order valence-corrected chi connectivity index (χ4v) is 3.85. The average Bonchev–Trinajstić information content (AvgIpc) is 2.57. The number of likely N-dealkylation sites (N-methyl/N-ethyl adjacent to an activating group) is 1. The molecule has 0 N–H and O–H groups in total. The summed E-state index contributed by atoms with van der Waals surface area (Å²) in [6, 6.07) is 5.00. The number of piperidine rings is 1. The summed E-state index contributed by atoms with van der Waals surface area (Å²) in [4.78, 5) is 12.4. The highest BCUT2D eigenvalue weighted by atomic mass is 15.3. The van der Waals surface area contributed by atoms with Crippen molar-refractivity contribution < 1.29 is 0 Å². The van der Waals surface area contributed by atoms with E-state index in [1.54, 1.807) is 0 Å². The van der Waals surface area contributed by atoms with Crippen LogP contribution in [0, 0.1) is 0 Å². The van der Waals surface area contributed by atoms with E-state index in [0.717, 1.165) is 26.2 Å². The Labute approximate surface area is 135 Å². The summed E-state index contributed by atoms with van der Waals surface area (Å²) >= 11 is 0. The molecule has 2 saturated heterocycles. The van der Waals surface area contributed by atoms with Crippen LogP contribution < -0.4 is 4.90 Å². The van der Waals surface area contributed by atoms with Gasteiger partial charge < -0.3 is 9.80 Å². The normalized spacial score (nSPS) is 24.6. The van der Waals surface area contributed by atoms with E-state index in [1.165, 1.54) is 50.2 Å². The zero-order valence-corrected chi connectivity index (χ0v) is 14.2. The van der Waals surface area contributed by atoms with Crippen molar-refractivity contribution in [3.63, 3.8) is 0 Å². The number of rotatable bonds is 4. The van der Waals surface area contributed by atoms with Gasteiger partial charge in [-0.3, -0.25) is 4.90 Å². The minimum Gasteiger partial charge on any atom is -0.354 e. The van der Waals surface area contributed by atoms with Crippen LogP contribution >= 0.6 is 0 Å². The third-order valence-corrected chi connectivity index (χ3v) is 5.10. The summed E-state index contributed by atoms with van der Waals surface area (Å²) in [6.45, 7) is 9.22. The Hall–Kier alpha value is -1.13. The van der Waals surface area contributed by atoms with Gasteiger partial charge in [0.05, 0.1) is 0 Å². The summed E-state index contributed by atoms with van der Waals surface area (Å²) in [7, 11) is 2.21. The van der Waals surface area contributed by atoms with E-state index in [2.05, 4.69) is 40.8 Å². The molecular weight excluding hydrogens is 272 g/mol. The summed E-state index contributed by atoms with van der Waals surface area (Å²) in [6.07, 6.45) is 7.18. The van der Waals surface area contributed by atoms with Gasteiger partial charge in [-0.2, -0.15) is 0 Å². The molecule has 0 bridgehead atoms. The van der Waals surface area contributed by atoms with Gasteiger partial charge in [0.25, 0.3) is 0 Å². The number of anilines is 1. The minimum absolute atomic E-state index is 0.567. The van der Waals surface area contributed by atoms with Gasteiger partial charge in [-0.15, -0.1) is 0 Å². The standard InChI is InChI=1S/C18H30N4/c1-3-10-21-11-5-4-8-17(21)16-7-6-9-19-18(16)22-14-12-20(2)13-15-22/h6-7,9,17H,3-5,8,10-15H2,1-2H3/t17-/m0/s1. The van der Waals surface area contributed by atoms with Crippen molar-refractivity contribution >= 4 is 5.82 Å². The van der Waals surface area contributed by atoms with E-state index in [1.807, 2.05) is 6.20 Å². The first-order chi connectivity index (χ1) is 10.8. The van der Waals surface area contributed by atoms with Crippen molar-refractivity contribution in [2.45, 2.75) is 38.6 Å². The van der Waals surface area contributed by atoms with Crippen LogP contribution in [0.15, 0.2) is 18.3 Å². The molecule has 0 spiro atoms. The van der Waals surface area contributed by atoms with Gasteiger partial charge in [0.1, 0.15) is 5.82 Å². The Morgan fingerprint density at radius 2 is 1.95 bits per heavy atom. The molecule has 4 heteroatoms. The molecule has 0 aromatic carbocycles. The van der Waals surface area contributed by atoms with E-state index in [-0.39, 0.29) is 0 Å². The first-order valence-corrected chi connectivity index (χ1v) is 8.92. The first-order valence-electron chi connectivity index (χ1n) is 8.92. The summed E-state index contributed by atoms with van der Waals surface area (Å²) < 4.78 is 0. The number of hydrogen-bond donors (Lipinski definition) is 0. The van der Waals surface area contributed by atoms with Crippen LogP contribution in [0.1, 0.15) is 44.2 Å². The molecule has 2 aliphatic heterocycles. The van der Waals surface area contributed by atoms with E-state index in [4.69, 9.17) is 4.98 Å². The average molecular weight is 302 g/mol. The third kappa shape index (κ3) is 3.44. The van der Waals surface area contributed by atoms with Crippen molar-refractivity contribution in [1.82, 2.24) is 14.8 Å². The second-order valence-electron chi connectivity index (χ2n) is 6.75. The lowest BCUT2D eigenvalue weighted by atomic mass is 9.95. The maximum absolute atomic E-state index is 4.78. The van der Waals surface area contributed by atoms with Crippen molar-refractivity contribution in [3.8, 4) is 0 Å². The maximum Gasteiger partial charge on any atom is 0.133 e. The van der Waals surface area contributed by atoms with Crippen molar-refractivity contribution in [1.29, 1.82) is 0 Å². The summed E-state index contributed by atoms with van der Waals surface area (Å²) in [5.74, 6) is 1.24. The largest absolute Gasteiger partial charge is 0.354 e. The van der Waals surface area contributed by atoms with Gasteiger partial charge >= 0.3 is 0 Å². The monoisotopic (exact) mass is 302 g/mol. The van der Waals surface area contributed by atoms with Crippen molar-refractivity contribution in [2.75, 3.05) is 51.2 Å². The van der Waals surface area contributed by atoms with E-state index < -0.39 is 0 Å². The summed E-state index contributed by atoms with van der Waals surface area (Å²) in [5, 5.41) is 0. The highest BCUT2D eigenvalue weighted by Gasteiger charge is 2.28. The van der Waals surface area contributed by atoms with E-state index >= 15 is 0 Å². The lowest BCUT2D eigenvalue weighted by Crippen LogP contribution is -2.45. The third-order valence-electron chi connectivity index (χ3n) is 5.10. The molecule has 3 rings (SSSR count). The molecule has 0 radical (unpaired) electrons. The molecular formula is C18H30N4. The number of hydrogen-bond acceptors (Lipinski definition) is 4. The smallest absolute Gasteiger partial charge is 0.133 e. The van der Waals surface area contributed by atoms with Crippen molar-refractivity contribution in [2.24, 2.45) is 0 Å². The molecule has 2 fully saturated rings. The van der Waals surface area contributed by atoms with Gasteiger partial charge in [-0.1, -0.05) is 19.4 Å². The number of aromatic nitrogens is 1. The highest BCUT2D eigenvalue weighted by Crippen LogP contribution is 2.35. The number of likely N-dealkylation sites (tertiary alicyclic amines) is 1. The molecule has 0 aliphatic carbocycles. The van der Waals surface area contributed by atoms with Crippen LogP contribution in [0.2, 0.25) is 0 Å². The van der Waals surface area contributed by atoms with Crippen LogP contribution in [0.25, 0.3) is 0 Å². The van der Waals surface area contributed by atoms with Crippen LogP contribution in [0.4, 0.5) is 5.82 Å². The lowest BCUT2D eigenvalue weighted by Gasteiger charge is -2.39. The number of nitrogens with zero attached hydrogens (tertiary/aromatic N) is 4. The second-order valence-corrected chi connectivity index (χ2v) is 6.75. The van der Waals surface area contributed by atoms with E-state index in [9.17, 15) is 0 Å². The fourth-order valence-electron chi connectivity index (χ4n) is 3.85. The molecule has 2 aliphatic rings. The molecule has 1 aromatic rings. The van der Waals surface area contributed by atoms with Crippen LogP contribution in [-0.2, 0) is 0 Å². The number of piperazine rings is 1. The SMILES string of the molecule is CCCN1CCCC[C@H]1c1cccnc1N1CCN(C)CC1. The molecule has 1 aromatic heterocycles. The van der Waals surface area contributed by atoms with Gasteiger partial charge in [0.2, 0.25) is 0 Å². The van der Waals surface area contributed by atoms with Crippen LogP contribution in [0.5, 0.6) is 0 Å². The minimum atomic E-state index is 0.567. The second kappa shape index (κ2) is 7.42. The molecule has 22 heavy (non-hydrogen) atoms. The molecule has 4 nitrogen and oxygen atoms in total. The Balaban J connectivity index is 1.83. The highest BCUT2D eigenvalue weighted by molar-refractivity contribution is 5.49. The predicted molar refractivity (Wildman–Crippen MR) is 92.4 cm³/mol. The predicted octanol–water partition coefficient (Wildman–Crippen LogP) is 2.77. The zero-order chi connectivity index (χ0) is 15.4. The molecule has 0 saturated carbocycles. The van der Waals surface area contributed by atoms with Crippen molar-refractivity contribution in [3.05, 3.63) is 23.9 Å². The molecule has 1 atom stereocenters. The van der Waals surface area contributed by atoms with Gasteiger partial charge in [-0.25, -0.2) is 4.98 Å². The molecule has 3 heterocycles. The Bertz CT molecular complexity index is 466. The molecule has 122 valence electrons. The Morgan fingerprint density at radius 1 is 1.14 bits per heavy atom. The van der Waals surface area contributed by atoms with E-state index in [0.29, 0.717) is 6.04 Å². The van der Waals surface area contributed by atoms with Crippen LogP contribution in [-0.4, -0.2) is 61.1 Å². The fraction of sp³-hybridized carbons (Fsp3) is 0.722. The Kier molecular flexibility index (Phi) is 5.32. The van der Waals surface area contributed by atoms with Gasteiger partial charge in [0, 0.05) is 44.0 Å². The van der Waals surface area contributed by atoms with Crippen LogP contribution in [0.3, 0.4) is 0 Å². The lowest BCUT2D eigenvalue weighted by molar-refractivity contribution is 0.149. The quantitative estimate of drug-likeness (QED) is 0.853. The first kappa shape index (κ1) is 15.8. The van der Waals surface area contributed by atoms with Gasteiger partial charge in [0.15, 0.2) is 0 Å². The zero-order valence-electron chi connectivity index (χ0n) is 14.2. The van der Waals surface area contributed by atoms with Gasteiger partial charge in [-0.05, 0) is 45.5 Å². The topological polar surface area (TPSA) is 22.6 Å². The maximum atomic E-state index is 4.78. The molecule has 0 unspecified atom stereocenters.